The molecule has 1 unspecified atom stereocenters. The van der Waals surface area contributed by atoms with Crippen molar-refractivity contribution < 1.29 is 9.84 Å². The van der Waals surface area contributed by atoms with Crippen molar-refractivity contribution in [3.8, 4) is 5.75 Å². The second-order valence-corrected chi connectivity index (χ2v) is 5.77. The first-order valence-electron chi connectivity index (χ1n) is 6.38. The molecule has 2 heteroatoms. The van der Waals surface area contributed by atoms with Gasteiger partial charge in [-0.15, -0.1) is 0 Å². The molecule has 1 N–H and O–H groups in total. The fraction of sp³-hybridized carbons (Fsp3) is 0.600. The Labute approximate surface area is 104 Å². The first-order valence-corrected chi connectivity index (χ1v) is 6.38. The summed E-state index contributed by atoms with van der Waals surface area (Å²) in [6, 6.07) is 4.16. The second-order valence-electron chi connectivity index (χ2n) is 5.77. The van der Waals surface area contributed by atoms with Crippen molar-refractivity contribution in [2.45, 2.75) is 58.7 Å². The van der Waals surface area contributed by atoms with Gasteiger partial charge in [-0.25, -0.2) is 0 Å². The number of hydrogen-bond acceptors (Lipinski definition) is 2. The predicted molar refractivity (Wildman–Crippen MR) is 69.5 cm³/mol. The van der Waals surface area contributed by atoms with Crippen LogP contribution in [-0.4, -0.2) is 11.2 Å². The molecule has 0 aromatic heterocycles. The summed E-state index contributed by atoms with van der Waals surface area (Å²) in [6.45, 7) is 10.3. The largest absolute Gasteiger partial charge is 0.507 e. The van der Waals surface area contributed by atoms with Gasteiger partial charge in [0.15, 0.2) is 0 Å². The normalized spacial score (nSPS) is 22.8. The van der Waals surface area contributed by atoms with E-state index in [-0.39, 0.29) is 11.7 Å². The van der Waals surface area contributed by atoms with Crippen LogP contribution in [0.25, 0.3) is 0 Å². The molecule has 1 aliphatic carbocycles. The molecule has 1 aromatic carbocycles. The second kappa shape index (κ2) is 4.02. The highest BCUT2D eigenvalue weighted by Gasteiger charge is 2.43. The summed E-state index contributed by atoms with van der Waals surface area (Å²) in [5, 5.41) is 10.4. The van der Waals surface area contributed by atoms with Crippen LogP contribution in [-0.2, 0) is 16.8 Å². The van der Waals surface area contributed by atoms with Crippen LogP contribution in [0.2, 0.25) is 0 Å². The van der Waals surface area contributed by atoms with Crippen molar-refractivity contribution in [1.82, 2.24) is 0 Å². The smallest absolute Gasteiger partial charge is 0.125 e. The Balaban J connectivity index is 2.42. The highest BCUT2D eigenvalue weighted by Crippen LogP contribution is 2.49. The summed E-state index contributed by atoms with van der Waals surface area (Å²) in [7, 11) is 0. The number of fused-ring (bicyclic) bond motifs is 1. The van der Waals surface area contributed by atoms with E-state index in [2.05, 4.69) is 26.8 Å². The Bertz CT molecular complexity index is 435. The molecule has 0 aliphatic heterocycles. The molecule has 0 bridgehead atoms. The molecule has 0 saturated carbocycles. The number of rotatable bonds is 3. The molecule has 0 amide bonds. The third-order valence-electron chi connectivity index (χ3n) is 3.47. The third kappa shape index (κ3) is 1.95. The van der Waals surface area contributed by atoms with Gasteiger partial charge < -0.3 is 9.84 Å². The molecule has 1 aromatic rings. The summed E-state index contributed by atoms with van der Waals surface area (Å²) in [6.07, 6.45) is 1.07. The van der Waals surface area contributed by atoms with Crippen LogP contribution in [0.1, 0.15) is 57.2 Å². The van der Waals surface area contributed by atoms with E-state index in [1.54, 1.807) is 0 Å². The van der Waals surface area contributed by atoms with Gasteiger partial charge in [0.25, 0.3) is 0 Å². The number of phenols is 1. The molecular formula is C15H22O2. The third-order valence-corrected chi connectivity index (χ3v) is 3.47. The van der Waals surface area contributed by atoms with E-state index in [1.165, 1.54) is 5.56 Å². The minimum absolute atomic E-state index is 0.176. The first-order chi connectivity index (χ1) is 7.85. The molecule has 0 heterocycles. The zero-order valence-electron chi connectivity index (χ0n) is 11.4. The number of phenolic OH excluding ortho intramolecular Hbond substituents is 1. The minimum Gasteiger partial charge on any atom is -0.507 e. The highest BCUT2D eigenvalue weighted by molar-refractivity contribution is 5.55. The van der Waals surface area contributed by atoms with E-state index < -0.39 is 0 Å². The summed E-state index contributed by atoms with van der Waals surface area (Å²) in [5.74, 6) is 0.774. The molecule has 0 saturated heterocycles. The monoisotopic (exact) mass is 234 g/mol. The molecule has 0 spiro atoms. The average Bonchev–Trinajstić information content (AvgIpc) is 2.13. The molecule has 17 heavy (non-hydrogen) atoms. The predicted octanol–water partition coefficient (Wildman–Crippen LogP) is 3.71. The van der Waals surface area contributed by atoms with Crippen LogP contribution in [0.3, 0.4) is 0 Å². The Hall–Kier alpha value is -1.02. The summed E-state index contributed by atoms with van der Waals surface area (Å²) in [4.78, 5) is 0. The summed E-state index contributed by atoms with van der Waals surface area (Å²) >= 11 is 0. The molecule has 0 fully saturated rings. The van der Waals surface area contributed by atoms with Crippen molar-refractivity contribution in [1.29, 1.82) is 0 Å². The zero-order chi connectivity index (χ0) is 12.8. The van der Waals surface area contributed by atoms with Crippen molar-refractivity contribution in [2.24, 2.45) is 0 Å². The lowest BCUT2D eigenvalue weighted by molar-refractivity contribution is -0.0897. The maximum absolute atomic E-state index is 10.4. The van der Waals surface area contributed by atoms with Gasteiger partial charge in [0.2, 0.25) is 0 Å². The number of ether oxygens (including phenoxy) is 1. The van der Waals surface area contributed by atoms with Gasteiger partial charge in [0.05, 0.1) is 11.7 Å². The molecule has 1 atom stereocenters. The van der Waals surface area contributed by atoms with Crippen LogP contribution in [0.4, 0.5) is 0 Å². The molecule has 2 rings (SSSR count). The maximum atomic E-state index is 10.4. The van der Waals surface area contributed by atoms with Gasteiger partial charge in [-0.05, 0) is 37.8 Å². The molecule has 2 nitrogen and oxygen atoms in total. The lowest BCUT2D eigenvalue weighted by Gasteiger charge is -2.43. The lowest BCUT2D eigenvalue weighted by atomic mass is 9.72. The maximum Gasteiger partial charge on any atom is 0.125 e. The van der Waals surface area contributed by atoms with Crippen molar-refractivity contribution >= 4 is 0 Å². The Kier molecular flexibility index (Phi) is 2.94. The van der Waals surface area contributed by atoms with E-state index in [1.807, 2.05) is 19.9 Å². The molecular weight excluding hydrogens is 212 g/mol. The topological polar surface area (TPSA) is 29.5 Å². The number of benzene rings is 1. The van der Waals surface area contributed by atoms with Crippen LogP contribution < -0.4 is 0 Å². The summed E-state index contributed by atoms with van der Waals surface area (Å²) in [5.41, 5.74) is 2.92. The SMILES string of the molecule is CC(C)OC1(C)Cc2ccc(C(C)C)c(O)c21. The van der Waals surface area contributed by atoms with Gasteiger partial charge >= 0.3 is 0 Å². The van der Waals surface area contributed by atoms with Gasteiger partial charge in [-0.2, -0.15) is 0 Å². The van der Waals surface area contributed by atoms with Gasteiger partial charge in [0, 0.05) is 12.0 Å². The van der Waals surface area contributed by atoms with E-state index in [9.17, 15) is 5.11 Å². The van der Waals surface area contributed by atoms with Crippen molar-refractivity contribution in [2.75, 3.05) is 0 Å². The lowest BCUT2D eigenvalue weighted by Crippen LogP contribution is -2.40. The fourth-order valence-electron chi connectivity index (χ4n) is 2.82. The Morgan fingerprint density at radius 2 is 1.88 bits per heavy atom. The van der Waals surface area contributed by atoms with Crippen LogP contribution in [0.5, 0.6) is 5.75 Å². The van der Waals surface area contributed by atoms with Crippen LogP contribution in [0.15, 0.2) is 12.1 Å². The Morgan fingerprint density at radius 1 is 1.24 bits per heavy atom. The van der Waals surface area contributed by atoms with Crippen LogP contribution >= 0.6 is 0 Å². The fourth-order valence-corrected chi connectivity index (χ4v) is 2.82. The minimum atomic E-state index is -0.307. The van der Waals surface area contributed by atoms with Gasteiger partial charge in [0.1, 0.15) is 5.75 Å². The van der Waals surface area contributed by atoms with E-state index in [0.717, 1.165) is 17.5 Å². The molecule has 1 aliphatic rings. The molecule has 0 radical (unpaired) electrons. The van der Waals surface area contributed by atoms with E-state index in [0.29, 0.717) is 11.7 Å². The van der Waals surface area contributed by atoms with Gasteiger partial charge in [-0.3, -0.25) is 0 Å². The average molecular weight is 234 g/mol. The van der Waals surface area contributed by atoms with Gasteiger partial charge in [-0.1, -0.05) is 26.0 Å². The Morgan fingerprint density at radius 3 is 2.41 bits per heavy atom. The first kappa shape index (κ1) is 12.4. The number of hydrogen-bond donors (Lipinski definition) is 1. The number of aromatic hydroxyl groups is 1. The van der Waals surface area contributed by atoms with E-state index >= 15 is 0 Å². The standard InChI is InChI=1S/C15H22O2/c1-9(2)12-7-6-11-8-15(5,17-10(3)4)13(11)14(12)16/h6-7,9-10,16H,8H2,1-5H3. The van der Waals surface area contributed by atoms with Crippen molar-refractivity contribution in [3.63, 3.8) is 0 Å². The quantitative estimate of drug-likeness (QED) is 0.863. The zero-order valence-corrected chi connectivity index (χ0v) is 11.4. The molecule has 94 valence electrons. The summed E-state index contributed by atoms with van der Waals surface area (Å²) < 4.78 is 5.96. The van der Waals surface area contributed by atoms with Crippen LogP contribution in [0, 0.1) is 0 Å². The highest BCUT2D eigenvalue weighted by atomic mass is 16.5. The van der Waals surface area contributed by atoms with E-state index in [4.69, 9.17) is 4.74 Å². The van der Waals surface area contributed by atoms with Crippen molar-refractivity contribution in [3.05, 3.63) is 28.8 Å².